The number of nitrogens with zero attached hydrogens (tertiary/aromatic N) is 2. The summed E-state index contributed by atoms with van der Waals surface area (Å²) in [6.45, 7) is 1.77. The Kier molecular flexibility index (Phi) is 6.60. The smallest absolute Gasteiger partial charge is 0.257 e. The molecule has 148 valence electrons. The van der Waals surface area contributed by atoms with Crippen molar-refractivity contribution in [3.05, 3.63) is 0 Å². The predicted octanol–water partition coefficient (Wildman–Crippen LogP) is 3.59. The lowest BCUT2D eigenvalue weighted by Crippen LogP contribution is -2.50. The van der Waals surface area contributed by atoms with Crippen molar-refractivity contribution in [2.24, 2.45) is 22.6 Å². The van der Waals surface area contributed by atoms with E-state index >= 15 is 0 Å². The second-order valence-corrected chi connectivity index (χ2v) is 8.96. The predicted molar refractivity (Wildman–Crippen MR) is 105 cm³/mol. The van der Waals surface area contributed by atoms with Crippen molar-refractivity contribution < 1.29 is 9.90 Å². The van der Waals surface area contributed by atoms with Gasteiger partial charge in [-0.15, -0.1) is 0 Å². The fourth-order valence-electron chi connectivity index (χ4n) is 5.34. The Morgan fingerprint density at radius 2 is 1.69 bits per heavy atom. The van der Waals surface area contributed by atoms with Gasteiger partial charge in [-0.05, 0) is 38.0 Å². The molecule has 2 aliphatic carbocycles. The zero-order chi connectivity index (χ0) is 18.6. The highest BCUT2D eigenvalue weighted by Gasteiger charge is 2.49. The summed E-state index contributed by atoms with van der Waals surface area (Å²) < 4.78 is 0. The van der Waals surface area contributed by atoms with E-state index in [0.717, 1.165) is 25.2 Å². The minimum atomic E-state index is -0.674. The highest BCUT2D eigenvalue weighted by molar-refractivity contribution is 6.07. The molecule has 26 heavy (non-hydrogen) atoms. The number of guanidine groups is 1. The number of aliphatic hydroxyl groups is 1. The molecule has 5 nitrogen and oxygen atoms in total. The van der Waals surface area contributed by atoms with E-state index in [2.05, 4.69) is 0 Å². The number of carbonyl (C=O) groups is 1. The summed E-state index contributed by atoms with van der Waals surface area (Å²) in [5, 5.41) is 9.55. The number of hydrogen-bond donors (Lipinski definition) is 2. The summed E-state index contributed by atoms with van der Waals surface area (Å²) in [5.41, 5.74) is 5.51. The number of rotatable bonds is 7. The van der Waals surface area contributed by atoms with Crippen LogP contribution in [-0.4, -0.2) is 40.1 Å². The van der Waals surface area contributed by atoms with Gasteiger partial charge in [0.15, 0.2) is 5.96 Å². The Hall–Kier alpha value is -1.10. The van der Waals surface area contributed by atoms with Crippen molar-refractivity contribution in [1.82, 2.24) is 4.90 Å². The standard InChI is InChI=1S/C21H37N3O2/c1-16(15-25)24-19(26)21(23-20(24)22,14-18-10-6-3-7-11-18)13-12-17-8-4-2-5-9-17/h16-18,25H,2-15H2,1H3,(H2,22,23)/t16-,21?/m1/s1. The molecule has 1 heterocycles. The zero-order valence-corrected chi connectivity index (χ0v) is 16.5. The van der Waals surface area contributed by atoms with Crippen LogP contribution >= 0.6 is 0 Å². The Balaban J connectivity index is 1.75. The van der Waals surface area contributed by atoms with Crippen LogP contribution in [0.3, 0.4) is 0 Å². The number of aliphatic hydroxyl groups excluding tert-OH is 1. The largest absolute Gasteiger partial charge is 0.394 e. The van der Waals surface area contributed by atoms with Gasteiger partial charge in [0.1, 0.15) is 5.54 Å². The highest BCUT2D eigenvalue weighted by Crippen LogP contribution is 2.41. The average molecular weight is 364 g/mol. The van der Waals surface area contributed by atoms with Crippen molar-refractivity contribution in [3.8, 4) is 0 Å². The topological polar surface area (TPSA) is 78.9 Å². The number of amides is 1. The molecular weight excluding hydrogens is 326 g/mol. The molecule has 0 aromatic rings. The van der Waals surface area contributed by atoms with Crippen LogP contribution in [0, 0.1) is 11.8 Å². The molecular formula is C21H37N3O2. The van der Waals surface area contributed by atoms with Crippen LogP contribution in [0.1, 0.15) is 90.4 Å². The molecule has 1 aliphatic heterocycles. The van der Waals surface area contributed by atoms with E-state index in [-0.39, 0.29) is 18.6 Å². The van der Waals surface area contributed by atoms with Crippen LogP contribution in [0.15, 0.2) is 4.99 Å². The molecule has 0 spiro atoms. The second-order valence-electron chi connectivity index (χ2n) is 8.96. The first kappa shape index (κ1) is 19.7. The molecule has 2 fully saturated rings. The minimum Gasteiger partial charge on any atom is -0.394 e. The summed E-state index contributed by atoms with van der Waals surface area (Å²) in [6.07, 6.45) is 15.6. The van der Waals surface area contributed by atoms with Crippen molar-refractivity contribution >= 4 is 11.9 Å². The summed E-state index contributed by atoms with van der Waals surface area (Å²) in [4.78, 5) is 19.8. The summed E-state index contributed by atoms with van der Waals surface area (Å²) in [7, 11) is 0. The Bertz CT molecular complexity index is 509. The van der Waals surface area contributed by atoms with Gasteiger partial charge in [-0.3, -0.25) is 9.69 Å². The maximum Gasteiger partial charge on any atom is 0.257 e. The van der Waals surface area contributed by atoms with Gasteiger partial charge < -0.3 is 10.8 Å². The van der Waals surface area contributed by atoms with Gasteiger partial charge in [-0.25, -0.2) is 4.99 Å². The molecule has 3 aliphatic rings. The molecule has 1 unspecified atom stereocenters. The number of carbonyl (C=O) groups excluding carboxylic acids is 1. The van der Waals surface area contributed by atoms with E-state index in [4.69, 9.17) is 10.7 Å². The van der Waals surface area contributed by atoms with E-state index in [1.54, 1.807) is 4.90 Å². The Labute approximate surface area is 158 Å². The number of nitrogens with two attached hydrogens (primary N) is 1. The lowest BCUT2D eigenvalue weighted by Gasteiger charge is -2.34. The second kappa shape index (κ2) is 8.73. The van der Waals surface area contributed by atoms with Crippen LogP contribution in [0.2, 0.25) is 0 Å². The maximum absolute atomic E-state index is 13.4. The van der Waals surface area contributed by atoms with Crippen molar-refractivity contribution in [2.75, 3.05) is 6.61 Å². The van der Waals surface area contributed by atoms with Gasteiger partial charge in [0.05, 0.1) is 12.6 Å². The number of hydrogen-bond acceptors (Lipinski definition) is 4. The van der Waals surface area contributed by atoms with Crippen LogP contribution in [0.5, 0.6) is 0 Å². The lowest BCUT2D eigenvalue weighted by atomic mass is 9.75. The molecule has 0 radical (unpaired) electrons. The third-order valence-electron chi connectivity index (χ3n) is 6.94. The van der Waals surface area contributed by atoms with Crippen LogP contribution in [0.25, 0.3) is 0 Å². The van der Waals surface area contributed by atoms with Gasteiger partial charge in [0.25, 0.3) is 5.91 Å². The fraction of sp³-hybridized carbons (Fsp3) is 0.905. The van der Waals surface area contributed by atoms with E-state index in [9.17, 15) is 9.90 Å². The summed E-state index contributed by atoms with van der Waals surface area (Å²) in [6, 6.07) is -0.297. The molecule has 2 saturated carbocycles. The molecule has 3 rings (SSSR count). The molecule has 0 aromatic carbocycles. The molecule has 0 aromatic heterocycles. The van der Waals surface area contributed by atoms with Crippen LogP contribution in [-0.2, 0) is 4.79 Å². The monoisotopic (exact) mass is 363 g/mol. The quantitative estimate of drug-likeness (QED) is 0.725. The first-order valence-corrected chi connectivity index (χ1v) is 10.9. The van der Waals surface area contributed by atoms with Gasteiger partial charge in [0.2, 0.25) is 0 Å². The zero-order valence-electron chi connectivity index (χ0n) is 16.5. The molecule has 2 atom stereocenters. The Morgan fingerprint density at radius 3 is 2.27 bits per heavy atom. The van der Waals surface area contributed by atoms with Gasteiger partial charge in [-0.1, -0.05) is 64.2 Å². The molecule has 3 N–H and O–H groups in total. The average Bonchev–Trinajstić information content (AvgIpc) is 2.91. The normalized spacial score (nSPS) is 29.8. The van der Waals surface area contributed by atoms with Crippen molar-refractivity contribution in [1.29, 1.82) is 0 Å². The minimum absolute atomic E-state index is 0.0398. The summed E-state index contributed by atoms with van der Waals surface area (Å²) >= 11 is 0. The molecule has 5 heteroatoms. The molecule has 0 bridgehead atoms. The fourth-order valence-corrected chi connectivity index (χ4v) is 5.34. The van der Waals surface area contributed by atoms with Crippen molar-refractivity contribution in [3.63, 3.8) is 0 Å². The highest BCUT2D eigenvalue weighted by atomic mass is 16.3. The van der Waals surface area contributed by atoms with Crippen LogP contribution in [0.4, 0.5) is 0 Å². The SMILES string of the molecule is C[C@H](CO)N1C(=O)C(CCC2CCCCC2)(CC2CCCCC2)N=C1N. The van der Waals surface area contributed by atoms with Gasteiger partial charge >= 0.3 is 0 Å². The Morgan fingerprint density at radius 1 is 1.12 bits per heavy atom. The number of aliphatic imine (C=N–C) groups is 1. The van der Waals surface area contributed by atoms with E-state index in [1.807, 2.05) is 6.92 Å². The molecule has 0 saturated heterocycles. The first-order valence-electron chi connectivity index (χ1n) is 10.9. The van der Waals surface area contributed by atoms with Crippen molar-refractivity contribution in [2.45, 2.75) is 102 Å². The van der Waals surface area contributed by atoms with E-state index in [1.165, 1.54) is 64.2 Å². The third-order valence-corrected chi connectivity index (χ3v) is 6.94. The van der Waals surface area contributed by atoms with E-state index < -0.39 is 5.54 Å². The summed E-state index contributed by atoms with van der Waals surface area (Å²) in [5.74, 6) is 1.68. The van der Waals surface area contributed by atoms with E-state index in [0.29, 0.717) is 11.9 Å². The lowest BCUT2D eigenvalue weighted by molar-refractivity contribution is -0.134. The first-order chi connectivity index (χ1) is 12.6. The van der Waals surface area contributed by atoms with Gasteiger partial charge in [0, 0.05) is 0 Å². The third kappa shape index (κ3) is 4.24. The van der Waals surface area contributed by atoms with Gasteiger partial charge in [-0.2, -0.15) is 0 Å². The molecule has 1 amide bonds. The maximum atomic E-state index is 13.4. The van der Waals surface area contributed by atoms with Crippen LogP contribution < -0.4 is 5.73 Å².